The highest BCUT2D eigenvalue weighted by atomic mass is 32.1. The average Bonchev–Trinajstić information content (AvgIpc) is 4.03. The van der Waals surface area contributed by atoms with Crippen molar-refractivity contribution in [3.05, 3.63) is 45.8 Å². The molecule has 4 rings (SSSR count). The lowest BCUT2D eigenvalue weighted by Gasteiger charge is -2.25. The number of hydrogen-bond acceptors (Lipinski definition) is 21. The standard InChI is InChI=1S/C50H69F2N3O20S/c1-28(23-54-39(60)12-16-69-18-19-70-17-13-53-49(66)75-50(2,3)4)74-42(63)11-9-40(61)55-24-29-20-35(67-5)47(44(52)31(29)25-55)71-14-7-15-72-48-36(68-6)22-37-30(43(48)51)21-38(76-37)32(57)8-10-41(62)73-27-34(59)46(65)45(64)33(58)26-56/h20-22,28,33-34,45-46,56,58-59,64-65H,7-19,23-27H2,1-6H3,(H,53,66)(H,54,60)/t28-,33+,34+,45+,46+/m0/s1. The van der Waals surface area contributed by atoms with Crippen LogP contribution in [0.5, 0.6) is 23.0 Å². The van der Waals surface area contributed by atoms with Crippen LogP contribution in [0.15, 0.2) is 18.2 Å². The summed E-state index contributed by atoms with van der Waals surface area (Å²) in [7, 11) is 2.62. The number of esters is 2. The van der Waals surface area contributed by atoms with Gasteiger partial charge in [-0.25, -0.2) is 13.6 Å². The molecular weight excluding hydrogens is 1030 g/mol. The third-order valence-electron chi connectivity index (χ3n) is 11.1. The number of Topliss-reactive ketones (excluding diaryl/α,β-unsaturated/α-hetero) is 1. The fourth-order valence-corrected chi connectivity index (χ4v) is 8.22. The fraction of sp³-hybridized carbons (Fsp3) is 0.600. The van der Waals surface area contributed by atoms with E-state index in [0.717, 1.165) is 11.3 Å². The van der Waals surface area contributed by atoms with E-state index < -0.39 is 97.1 Å². The summed E-state index contributed by atoms with van der Waals surface area (Å²) in [5.74, 6) is -4.80. The molecule has 5 atom stereocenters. The normalized spacial score (nSPS) is 14.2. The highest BCUT2D eigenvalue weighted by molar-refractivity contribution is 7.20. The minimum absolute atomic E-state index is 0.0220. The summed E-state index contributed by atoms with van der Waals surface area (Å²) in [6.45, 7) is 6.12. The average molecular weight is 1100 g/mol. The van der Waals surface area contributed by atoms with Crippen LogP contribution in [0, 0.1) is 11.6 Å². The monoisotopic (exact) mass is 1100 g/mol. The number of amides is 3. The number of alkyl carbamates (subject to hydrolysis) is 1. The Morgan fingerprint density at radius 1 is 0.750 bits per heavy atom. The second-order valence-electron chi connectivity index (χ2n) is 18.3. The molecule has 0 aliphatic carbocycles. The first kappa shape index (κ1) is 62.5. The molecule has 424 valence electrons. The maximum atomic E-state index is 16.0. The van der Waals surface area contributed by atoms with Gasteiger partial charge in [-0.2, -0.15) is 0 Å². The van der Waals surface area contributed by atoms with Crippen LogP contribution in [0.1, 0.15) is 87.0 Å². The Morgan fingerprint density at radius 2 is 1.38 bits per heavy atom. The molecule has 1 aliphatic rings. The summed E-state index contributed by atoms with van der Waals surface area (Å²) in [5.41, 5.74) is 0.0896. The van der Waals surface area contributed by atoms with Gasteiger partial charge >= 0.3 is 18.0 Å². The molecule has 0 radical (unpaired) electrons. The number of aliphatic hydroxyl groups excluding tert-OH is 5. The van der Waals surface area contributed by atoms with Crippen LogP contribution in [0.2, 0.25) is 0 Å². The molecule has 26 heteroatoms. The quantitative estimate of drug-likeness (QED) is 0.0200. The van der Waals surface area contributed by atoms with Gasteiger partial charge in [0.05, 0.1) is 84.7 Å². The van der Waals surface area contributed by atoms with Gasteiger partial charge < -0.3 is 83.7 Å². The zero-order valence-corrected chi connectivity index (χ0v) is 44.1. The van der Waals surface area contributed by atoms with E-state index in [1.807, 2.05) is 0 Å². The van der Waals surface area contributed by atoms with Crippen LogP contribution in [0.25, 0.3) is 10.1 Å². The number of aliphatic hydroxyl groups is 5. The lowest BCUT2D eigenvalue weighted by Crippen LogP contribution is -2.47. The van der Waals surface area contributed by atoms with E-state index in [1.54, 1.807) is 33.8 Å². The number of carbonyl (C=O) groups is 6. The lowest BCUT2D eigenvalue weighted by molar-refractivity contribution is -0.156. The van der Waals surface area contributed by atoms with Crippen molar-refractivity contribution in [1.29, 1.82) is 0 Å². The van der Waals surface area contributed by atoms with Gasteiger partial charge in [-0.1, -0.05) is 0 Å². The summed E-state index contributed by atoms with van der Waals surface area (Å²) in [4.78, 5) is 76.3. The van der Waals surface area contributed by atoms with Gasteiger partial charge in [0.25, 0.3) is 0 Å². The Kier molecular flexibility index (Phi) is 25.2. The Labute approximate surface area is 441 Å². The van der Waals surface area contributed by atoms with Crippen LogP contribution >= 0.6 is 11.3 Å². The number of carbonyl (C=O) groups excluding carboxylic acids is 6. The number of benzene rings is 2. The minimum atomic E-state index is -1.94. The first-order valence-electron chi connectivity index (χ1n) is 24.4. The highest BCUT2D eigenvalue weighted by Crippen LogP contribution is 2.41. The molecule has 0 spiro atoms. The van der Waals surface area contributed by atoms with E-state index in [-0.39, 0.29) is 143 Å². The second kappa shape index (κ2) is 30.7. The summed E-state index contributed by atoms with van der Waals surface area (Å²) in [6.07, 6.45) is -9.70. The molecule has 0 unspecified atom stereocenters. The van der Waals surface area contributed by atoms with E-state index in [9.17, 15) is 49.2 Å². The molecule has 2 aromatic carbocycles. The molecular formula is C50H69F2N3O20S. The minimum Gasteiger partial charge on any atom is -0.493 e. The van der Waals surface area contributed by atoms with Crippen molar-refractivity contribution in [2.75, 3.05) is 80.2 Å². The van der Waals surface area contributed by atoms with Gasteiger partial charge in [-0.15, -0.1) is 11.3 Å². The van der Waals surface area contributed by atoms with E-state index in [2.05, 4.69) is 10.6 Å². The number of ketones is 1. The Hall–Kier alpha value is -6.00. The van der Waals surface area contributed by atoms with Gasteiger partial charge in [-0.05, 0) is 45.4 Å². The molecule has 3 amide bonds. The van der Waals surface area contributed by atoms with Crippen molar-refractivity contribution in [1.82, 2.24) is 15.5 Å². The predicted octanol–water partition coefficient (Wildman–Crippen LogP) is 2.60. The van der Waals surface area contributed by atoms with Crippen LogP contribution in [-0.4, -0.2) is 182 Å². The molecule has 23 nitrogen and oxygen atoms in total. The predicted molar refractivity (Wildman–Crippen MR) is 265 cm³/mol. The smallest absolute Gasteiger partial charge is 0.407 e. The van der Waals surface area contributed by atoms with Crippen molar-refractivity contribution in [2.24, 2.45) is 0 Å². The Bertz CT molecular complexity index is 2440. The van der Waals surface area contributed by atoms with E-state index >= 15 is 8.78 Å². The van der Waals surface area contributed by atoms with Crippen LogP contribution in [-0.2, 0) is 56.0 Å². The van der Waals surface area contributed by atoms with E-state index in [0.29, 0.717) is 10.3 Å². The van der Waals surface area contributed by atoms with Crippen molar-refractivity contribution >= 4 is 57.1 Å². The number of nitrogens with one attached hydrogen (secondary N) is 2. The zero-order chi connectivity index (χ0) is 56.1. The molecule has 1 aromatic heterocycles. The maximum absolute atomic E-state index is 16.0. The first-order valence-corrected chi connectivity index (χ1v) is 25.2. The SMILES string of the molecule is COc1cc2c(c(F)c1OCCCOc1c(OC)cc3sc(C(=O)CCC(=O)OC[C@@H](O)[C@@H](O)[C@H](O)[C@H](O)CO)cc3c1F)CN(C(=O)CCC(=O)O[C@@H](C)CNC(=O)CCOCCOCCNC(=O)OC(C)(C)C)C2. The van der Waals surface area contributed by atoms with E-state index in [4.69, 9.17) is 47.7 Å². The van der Waals surface area contributed by atoms with Crippen molar-refractivity contribution < 1.29 is 106 Å². The molecule has 1 aliphatic heterocycles. The Morgan fingerprint density at radius 3 is 2.04 bits per heavy atom. The summed E-state index contributed by atoms with van der Waals surface area (Å²) >= 11 is 0.944. The number of ether oxygens (including phenoxy) is 9. The molecule has 76 heavy (non-hydrogen) atoms. The van der Waals surface area contributed by atoms with Crippen LogP contribution < -0.4 is 29.6 Å². The van der Waals surface area contributed by atoms with E-state index in [1.165, 1.54) is 31.3 Å². The second-order valence-corrected chi connectivity index (χ2v) is 19.4. The molecule has 2 heterocycles. The third-order valence-corrected chi connectivity index (χ3v) is 12.3. The largest absolute Gasteiger partial charge is 0.493 e. The lowest BCUT2D eigenvalue weighted by atomic mass is 10.0. The molecule has 0 fully saturated rings. The number of rotatable bonds is 33. The molecule has 0 saturated heterocycles. The van der Waals surface area contributed by atoms with Crippen LogP contribution in [0.3, 0.4) is 0 Å². The summed E-state index contributed by atoms with van der Waals surface area (Å²) in [6, 6.07) is 4.33. The first-order chi connectivity index (χ1) is 36.1. The number of thiophene rings is 1. The van der Waals surface area contributed by atoms with Crippen LogP contribution in [0.4, 0.5) is 13.6 Å². The van der Waals surface area contributed by atoms with Gasteiger partial charge in [0.15, 0.2) is 40.4 Å². The van der Waals surface area contributed by atoms with Gasteiger partial charge in [0.1, 0.15) is 42.7 Å². The van der Waals surface area contributed by atoms with Crippen molar-refractivity contribution in [3.63, 3.8) is 0 Å². The maximum Gasteiger partial charge on any atom is 0.407 e. The highest BCUT2D eigenvalue weighted by Gasteiger charge is 2.32. The van der Waals surface area contributed by atoms with Gasteiger partial charge in [-0.3, -0.25) is 24.0 Å². The third kappa shape index (κ3) is 19.5. The number of halogens is 2. The molecule has 7 N–H and O–H groups in total. The number of hydrogen-bond donors (Lipinski definition) is 7. The fourth-order valence-electron chi connectivity index (χ4n) is 7.17. The molecule has 0 saturated carbocycles. The van der Waals surface area contributed by atoms with Gasteiger partial charge in [0, 0.05) is 67.0 Å². The topological polar surface area (TPSA) is 314 Å². The van der Waals surface area contributed by atoms with Crippen molar-refractivity contribution in [3.8, 4) is 23.0 Å². The molecule has 3 aromatic rings. The Balaban J connectivity index is 1.16. The summed E-state index contributed by atoms with van der Waals surface area (Å²) < 4.78 is 80.6. The molecule has 0 bridgehead atoms. The zero-order valence-electron chi connectivity index (χ0n) is 43.3. The van der Waals surface area contributed by atoms with Crippen molar-refractivity contribution in [2.45, 2.75) is 115 Å². The van der Waals surface area contributed by atoms with Gasteiger partial charge in [0.2, 0.25) is 11.8 Å². The number of nitrogens with zero attached hydrogens (tertiary/aromatic N) is 1. The number of methoxy groups -OCH3 is 2. The number of fused-ring (bicyclic) bond motifs is 2. The summed E-state index contributed by atoms with van der Waals surface area (Å²) in [5, 5.41) is 53.1.